The van der Waals surface area contributed by atoms with Crippen molar-refractivity contribution in [2.45, 2.75) is 13.5 Å². The summed E-state index contributed by atoms with van der Waals surface area (Å²) in [5.74, 6) is 0. The van der Waals surface area contributed by atoms with E-state index in [-0.39, 0.29) is 11.2 Å². The third-order valence-corrected chi connectivity index (χ3v) is 2.80. The predicted molar refractivity (Wildman–Crippen MR) is 74.3 cm³/mol. The maximum Gasteiger partial charge on any atom is 0.270 e. The molecule has 0 fully saturated rings. The quantitative estimate of drug-likeness (QED) is 0.635. The number of hydrogen-bond donors (Lipinski definition) is 2. The van der Waals surface area contributed by atoms with Crippen LogP contribution in [0.4, 0.5) is 5.69 Å². The molecule has 0 aliphatic rings. The van der Waals surface area contributed by atoms with Gasteiger partial charge in [0.2, 0.25) is 0 Å². The molecule has 0 amide bonds. The maximum absolute atomic E-state index is 11.6. The predicted octanol–water partition coefficient (Wildman–Crippen LogP) is 1.45. The number of nitrogens with zero attached hydrogens (tertiary/aromatic N) is 2. The highest BCUT2D eigenvalue weighted by atomic mass is 16.6. The lowest BCUT2D eigenvalue weighted by molar-refractivity contribution is -0.384. The highest BCUT2D eigenvalue weighted by Crippen LogP contribution is 2.21. The summed E-state index contributed by atoms with van der Waals surface area (Å²) in [6, 6.07) is 7.78. The minimum absolute atomic E-state index is 0.0104. The SMILES string of the molecule is CCNCc1cc(-c2cccc([N+](=O)[O-])c2)n[nH]c1=O. The number of rotatable bonds is 5. The van der Waals surface area contributed by atoms with Crippen LogP contribution in [0.3, 0.4) is 0 Å². The fourth-order valence-corrected chi connectivity index (χ4v) is 1.76. The van der Waals surface area contributed by atoms with Crippen LogP contribution in [-0.2, 0) is 6.54 Å². The van der Waals surface area contributed by atoms with E-state index in [9.17, 15) is 14.9 Å². The topological polar surface area (TPSA) is 101 Å². The molecular formula is C13H14N4O3. The summed E-state index contributed by atoms with van der Waals surface area (Å²) in [5.41, 5.74) is 1.36. The molecule has 0 spiro atoms. The lowest BCUT2D eigenvalue weighted by Gasteiger charge is -2.04. The maximum atomic E-state index is 11.6. The van der Waals surface area contributed by atoms with Crippen molar-refractivity contribution in [1.29, 1.82) is 0 Å². The smallest absolute Gasteiger partial charge is 0.270 e. The van der Waals surface area contributed by atoms with Crippen molar-refractivity contribution in [3.63, 3.8) is 0 Å². The normalized spacial score (nSPS) is 10.4. The van der Waals surface area contributed by atoms with E-state index in [0.29, 0.717) is 23.4 Å². The van der Waals surface area contributed by atoms with Crippen molar-refractivity contribution in [2.24, 2.45) is 0 Å². The number of benzene rings is 1. The minimum Gasteiger partial charge on any atom is -0.313 e. The van der Waals surface area contributed by atoms with Gasteiger partial charge in [0.15, 0.2) is 0 Å². The Morgan fingerprint density at radius 1 is 1.40 bits per heavy atom. The van der Waals surface area contributed by atoms with E-state index < -0.39 is 4.92 Å². The van der Waals surface area contributed by atoms with Crippen LogP contribution in [-0.4, -0.2) is 21.7 Å². The van der Waals surface area contributed by atoms with Gasteiger partial charge < -0.3 is 5.32 Å². The highest BCUT2D eigenvalue weighted by Gasteiger charge is 2.10. The Kier molecular flexibility index (Phi) is 4.21. The Bertz CT molecular complexity index is 681. The van der Waals surface area contributed by atoms with Crippen molar-refractivity contribution in [3.05, 3.63) is 56.4 Å². The molecule has 20 heavy (non-hydrogen) atoms. The summed E-state index contributed by atoms with van der Waals surface area (Å²) < 4.78 is 0. The van der Waals surface area contributed by atoms with Crippen LogP contribution in [0.1, 0.15) is 12.5 Å². The zero-order chi connectivity index (χ0) is 14.5. The van der Waals surface area contributed by atoms with Crippen LogP contribution >= 0.6 is 0 Å². The Labute approximate surface area is 114 Å². The minimum atomic E-state index is -0.464. The van der Waals surface area contributed by atoms with Gasteiger partial charge in [0.05, 0.1) is 10.6 Å². The number of non-ortho nitro benzene ring substituents is 1. The van der Waals surface area contributed by atoms with Crippen molar-refractivity contribution in [2.75, 3.05) is 6.54 Å². The summed E-state index contributed by atoms with van der Waals surface area (Å²) in [7, 11) is 0. The number of nitro benzene ring substituents is 1. The summed E-state index contributed by atoms with van der Waals surface area (Å²) >= 11 is 0. The number of nitrogens with one attached hydrogen (secondary N) is 2. The molecule has 1 aromatic heterocycles. The van der Waals surface area contributed by atoms with Crippen molar-refractivity contribution in [1.82, 2.24) is 15.5 Å². The van der Waals surface area contributed by atoms with Crippen LogP contribution in [0.2, 0.25) is 0 Å². The number of H-pyrrole nitrogens is 1. The second-order valence-corrected chi connectivity index (χ2v) is 4.20. The third-order valence-electron chi connectivity index (χ3n) is 2.80. The third kappa shape index (κ3) is 3.07. The number of aromatic nitrogens is 2. The highest BCUT2D eigenvalue weighted by molar-refractivity contribution is 5.62. The first-order chi connectivity index (χ1) is 9.61. The molecule has 2 rings (SSSR count). The van der Waals surface area contributed by atoms with Gasteiger partial charge in [0.25, 0.3) is 11.2 Å². The van der Waals surface area contributed by atoms with Gasteiger partial charge in [-0.3, -0.25) is 14.9 Å². The first-order valence-corrected chi connectivity index (χ1v) is 6.16. The largest absolute Gasteiger partial charge is 0.313 e. The molecule has 104 valence electrons. The fourth-order valence-electron chi connectivity index (χ4n) is 1.76. The molecule has 0 bridgehead atoms. The first kappa shape index (κ1) is 13.9. The molecule has 1 heterocycles. The van der Waals surface area contributed by atoms with Gasteiger partial charge in [-0.2, -0.15) is 5.10 Å². The monoisotopic (exact) mass is 274 g/mol. The number of aromatic amines is 1. The average molecular weight is 274 g/mol. The van der Waals surface area contributed by atoms with E-state index in [2.05, 4.69) is 15.5 Å². The average Bonchev–Trinajstić information content (AvgIpc) is 2.46. The lowest BCUT2D eigenvalue weighted by atomic mass is 10.1. The molecule has 0 atom stereocenters. The zero-order valence-corrected chi connectivity index (χ0v) is 10.9. The second-order valence-electron chi connectivity index (χ2n) is 4.20. The van der Waals surface area contributed by atoms with E-state index in [0.717, 1.165) is 6.54 Å². The molecule has 7 heteroatoms. The zero-order valence-electron chi connectivity index (χ0n) is 10.9. The number of nitro groups is 1. The van der Waals surface area contributed by atoms with Crippen LogP contribution in [0.15, 0.2) is 35.1 Å². The van der Waals surface area contributed by atoms with Gasteiger partial charge in [-0.25, -0.2) is 5.10 Å². The molecule has 1 aromatic carbocycles. The van der Waals surface area contributed by atoms with Crippen molar-refractivity contribution in [3.8, 4) is 11.3 Å². The molecule has 2 aromatic rings. The fraction of sp³-hybridized carbons (Fsp3) is 0.231. The summed E-state index contributed by atoms with van der Waals surface area (Å²) in [5, 5.41) is 20.2. The van der Waals surface area contributed by atoms with Gasteiger partial charge in [0, 0.05) is 29.8 Å². The van der Waals surface area contributed by atoms with Gasteiger partial charge in [-0.05, 0) is 12.6 Å². The Balaban J connectivity index is 2.40. The van der Waals surface area contributed by atoms with Crippen LogP contribution < -0.4 is 10.9 Å². The molecule has 0 radical (unpaired) electrons. The van der Waals surface area contributed by atoms with Crippen molar-refractivity contribution < 1.29 is 4.92 Å². The Morgan fingerprint density at radius 2 is 2.20 bits per heavy atom. The van der Waals surface area contributed by atoms with Gasteiger partial charge in [-0.1, -0.05) is 19.1 Å². The van der Waals surface area contributed by atoms with Crippen LogP contribution in [0.5, 0.6) is 0 Å². The van der Waals surface area contributed by atoms with Crippen LogP contribution in [0.25, 0.3) is 11.3 Å². The lowest BCUT2D eigenvalue weighted by Crippen LogP contribution is -2.21. The molecule has 2 N–H and O–H groups in total. The molecular weight excluding hydrogens is 260 g/mol. The molecule has 0 aliphatic carbocycles. The summed E-state index contributed by atoms with van der Waals surface area (Å²) in [6.07, 6.45) is 0. The van der Waals surface area contributed by atoms with E-state index in [1.807, 2.05) is 6.92 Å². The number of hydrogen-bond acceptors (Lipinski definition) is 5. The standard InChI is InChI=1S/C13H14N4O3/c1-2-14-8-10-7-12(15-16-13(10)18)9-4-3-5-11(6-9)17(19)20/h3-7,14H,2,8H2,1H3,(H,16,18). The second kappa shape index (κ2) is 6.07. The molecule has 0 unspecified atom stereocenters. The van der Waals surface area contributed by atoms with Gasteiger partial charge >= 0.3 is 0 Å². The molecule has 7 nitrogen and oxygen atoms in total. The molecule has 0 saturated carbocycles. The van der Waals surface area contributed by atoms with Crippen LogP contribution in [0, 0.1) is 10.1 Å². The Hall–Kier alpha value is -2.54. The van der Waals surface area contributed by atoms with Gasteiger partial charge in [-0.15, -0.1) is 0 Å². The van der Waals surface area contributed by atoms with E-state index in [1.54, 1.807) is 18.2 Å². The van der Waals surface area contributed by atoms with E-state index in [4.69, 9.17) is 0 Å². The Morgan fingerprint density at radius 3 is 2.90 bits per heavy atom. The molecule has 0 saturated heterocycles. The molecule has 0 aliphatic heterocycles. The summed E-state index contributed by atoms with van der Waals surface area (Å²) in [4.78, 5) is 21.9. The van der Waals surface area contributed by atoms with Crippen molar-refractivity contribution >= 4 is 5.69 Å². The first-order valence-electron chi connectivity index (χ1n) is 6.16. The summed E-state index contributed by atoms with van der Waals surface area (Å²) in [6.45, 7) is 3.11. The van der Waals surface area contributed by atoms with E-state index in [1.165, 1.54) is 12.1 Å². The van der Waals surface area contributed by atoms with E-state index >= 15 is 0 Å². The van der Waals surface area contributed by atoms with Gasteiger partial charge in [0.1, 0.15) is 0 Å².